The Morgan fingerprint density at radius 3 is 2.90 bits per heavy atom. The molecule has 3 aromatic rings. The van der Waals surface area contributed by atoms with E-state index in [0.29, 0.717) is 27.6 Å². The minimum atomic E-state index is -1.16. The van der Waals surface area contributed by atoms with Gasteiger partial charge in [0, 0.05) is 5.02 Å². The number of hydrogen-bond acceptors (Lipinski definition) is 8. The summed E-state index contributed by atoms with van der Waals surface area (Å²) in [5.41, 5.74) is 1.07. The number of carboxylic acid groups (broad SMARTS) is 1. The van der Waals surface area contributed by atoms with E-state index in [1.54, 1.807) is 42.5 Å². The number of nitriles is 1. The van der Waals surface area contributed by atoms with Gasteiger partial charge >= 0.3 is 5.97 Å². The number of ether oxygens (including phenoxy) is 2. The first-order valence-corrected chi connectivity index (χ1v) is 9.59. The fraction of sp³-hybridized carbons (Fsp3) is 0.100. The monoisotopic (exact) mass is 443 g/mol. The lowest BCUT2D eigenvalue weighted by molar-refractivity contribution is -0.131. The van der Waals surface area contributed by atoms with E-state index >= 15 is 0 Å². The minimum Gasteiger partial charge on any atom is -0.496 e. The van der Waals surface area contributed by atoms with Gasteiger partial charge in [0.2, 0.25) is 0 Å². The van der Waals surface area contributed by atoms with Crippen LogP contribution >= 0.6 is 23.4 Å². The average molecular weight is 444 g/mol. The quantitative estimate of drug-likeness (QED) is 0.395. The normalized spacial score (nSPS) is 11.0. The summed E-state index contributed by atoms with van der Waals surface area (Å²) in [5, 5.41) is 26.5. The van der Waals surface area contributed by atoms with Crippen LogP contribution in [0.25, 0.3) is 17.5 Å². The zero-order valence-electron chi connectivity index (χ0n) is 15.5. The van der Waals surface area contributed by atoms with Crippen LogP contribution in [0.5, 0.6) is 11.5 Å². The van der Waals surface area contributed by atoms with Crippen LogP contribution in [-0.4, -0.2) is 35.0 Å². The number of thioether (sulfide) groups is 1. The molecule has 1 heterocycles. The summed E-state index contributed by atoms with van der Waals surface area (Å²) in [6, 6.07) is 13.5. The van der Waals surface area contributed by atoms with Crippen molar-refractivity contribution in [1.29, 1.82) is 5.26 Å². The number of halogens is 1. The molecule has 1 aromatic heterocycles. The molecular weight excluding hydrogens is 430 g/mol. The highest BCUT2D eigenvalue weighted by Gasteiger charge is 2.18. The maximum atomic E-state index is 11.7. The summed E-state index contributed by atoms with van der Waals surface area (Å²) in [6.45, 7) is -0.106. The number of rotatable bonds is 8. The highest BCUT2D eigenvalue weighted by atomic mass is 35.5. The fourth-order valence-corrected chi connectivity index (χ4v) is 3.24. The molecule has 0 aliphatic heterocycles. The molecule has 2 aromatic carbocycles. The van der Waals surface area contributed by atoms with E-state index in [-0.39, 0.29) is 22.6 Å². The highest BCUT2D eigenvalue weighted by molar-refractivity contribution is 8.03. The van der Waals surface area contributed by atoms with Crippen molar-refractivity contribution in [2.75, 3.05) is 13.7 Å². The van der Waals surface area contributed by atoms with Crippen molar-refractivity contribution >= 4 is 35.4 Å². The molecule has 8 nitrogen and oxygen atoms in total. The summed E-state index contributed by atoms with van der Waals surface area (Å²) in [5.74, 6) is -0.0760. The van der Waals surface area contributed by atoms with E-state index in [2.05, 4.69) is 10.2 Å². The molecule has 0 atom stereocenters. The van der Waals surface area contributed by atoms with Crippen molar-refractivity contribution in [3.8, 4) is 29.0 Å². The van der Waals surface area contributed by atoms with Gasteiger partial charge in [-0.2, -0.15) is 5.26 Å². The predicted octanol–water partition coefficient (Wildman–Crippen LogP) is 4.52. The minimum absolute atomic E-state index is 0.0394. The second-order valence-corrected chi connectivity index (χ2v) is 7.08. The zero-order valence-corrected chi connectivity index (χ0v) is 17.1. The third-order valence-corrected chi connectivity index (χ3v) is 4.75. The molecule has 0 bridgehead atoms. The second-order valence-electron chi connectivity index (χ2n) is 5.65. The number of hydrogen-bond donors (Lipinski definition) is 1. The van der Waals surface area contributed by atoms with Crippen molar-refractivity contribution in [3.63, 3.8) is 0 Å². The molecule has 0 saturated heterocycles. The van der Waals surface area contributed by atoms with Crippen LogP contribution in [0, 0.1) is 11.3 Å². The number of carboxylic acids is 1. The van der Waals surface area contributed by atoms with Crippen LogP contribution in [0.4, 0.5) is 0 Å². The third kappa shape index (κ3) is 5.31. The summed E-state index contributed by atoms with van der Waals surface area (Å²) in [7, 11) is 1.50. The number of nitrogens with zero attached hydrogens (tertiary/aromatic N) is 3. The predicted molar refractivity (Wildman–Crippen MR) is 110 cm³/mol. The van der Waals surface area contributed by atoms with Gasteiger partial charge < -0.3 is 19.0 Å². The standard InChI is InChI=1S/C20H14ClN3O5S/c1-27-16-6-5-13(21)11-15(16)18-23-24-20(29-18)30-17(19(25)26)10-12-3-2-4-14(9-12)28-8-7-22/h2-6,9-11H,8H2,1H3,(H,25,26)/b17-10-. The first kappa shape index (κ1) is 21.2. The Hall–Kier alpha value is -3.48. The maximum absolute atomic E-state index is 11.7. The smallest absolute Gasteiger partial charge is 0.342 e. The Morgan fingerprint density at radius 1 is 1.33 bits per heavy atom. The van der Waals surface area contributed by atoms with Gasteiger partial charge in [0.1, 0.15) is 22.5 Å². The molecule has 0 aliphatic carbocycles. The molecule has 30 heavy (non-hydrogen) atoms. The van der Waals surface area contributed by atoms with E-state index in [1.807, 2.05) is 6.07 Å². The molecule has 0 spiro atoms. The number of aromatic nitrogens is 2. The highest BCUT2D eigenvalue weighted by Crippen LogP contribution is 2.35. The van der Waals surface area contributed by atoms with Gasteiger partial charge in [-0.1, -0.05) is 23.7 Å². The third-order valence-electron chi connectivity index (χ3n) is 3.67. The number of aliphatic carboxylic acids is 1. The van der Waals surface area contributed by atoms with Crippen molar-refractivity contribution in [1.82, 2.24) is 10.2 Å². The molecule has 0 aliphatic rings. The van der Waals surface area contributed by atoms with Crippen molar-refractivity contribution in [2.45, 2.75) is 5.22 Å². The maximum Gasteiger partial charge on any atom is 0.342 e. The van der Waals surface area contributed by atoms with Crippen LogP contribution in [0.2, 0.25) is 5.02 Å². The Kier molecular flexibility index (Phi) is 6.95. The summed E-state index contributed by atoms with van der Waals surface area (Å²) in [6.07, 6.45) is 1.44. The molecule has 10 heteroatoms. The molecule has 1 N–H and O–H groups in total. The van der Waals surface area contributed by atoms with Crippen LogP contribution in [0.3, 0.4) is 0 Å². The molecule has 0 saturated carbocycles. The first-order chi connectivity index (χ1) is 14.5. The van der Waals surface area contributed by atoms with Crippen molar-refractivity contribution in [3.05, 3.63) is 58.0 Å². The summed E-state index contributed by atoms with van der Waals surface area (Å²) < 4.78 is 16.1. The molecule has 0 fully saturated rings. The lowest BCUT2D eigenvalue weighted by atomic mass is 10.2. The molecular formula is C20H14ClN3O5S. The summed E-state index contributed by atoms with van der Waals surface area (Å²) >= 11 is 6.83. The lowest BCUT2D eigenvalue weighted by Crippen LogP contribution is -1.97. The van der Waals surface area contributed by atoms with E-state index in [1.165, 1.54) is 13.2 Å². The Labute approximate surface area is 180 Å². The summed E-state index contributed by atoms with van der Waals surface area (Å²) in [4.78, 5) is 11.7. The van der Waals surface area contributed by atoms with E-state index < -0.39 is 5.97 Å². The number of carbonyl (C=O) groups is 1. The van der Waals surface area contributed by atoms with Gasteiger partial charge in [-0.25, -0.2) is 4.79 Å². The van der Waals surface area contributed by atoms with Crippen molar-refractivity contribution in [2.24, 2.45) is 0 Å². The van der Waals surface area contributed by atoms with Crippen LogP contribution < -0.4 is 9.47 Å². The van der Waals surface area contributed by atoms with E-state index in [9.17, 15) is 9.90 Å². The number of benzene rings is 2. The zero-order chi connectivity index (χ0) is 21.5. The average Bonchev–Trinajstić information content (AvgIpc) is 3.20. The lowest BCUT2D eigenvalue weighted by Gasteiger charge is -2.05. The topological polar surface area (TPSA) is 118 Å². The van der Waals surface area contributed by atoms with Gasteiger partial charge in [0.05, 0.1) is 12.7 Å². The number of methoxy groups -OCH3 is 1. The van der Waals surface area contributed by atoms with Crippen LogP contribution in [-0.2, 0) is 4.79 Å². The van der Waals surface area contributed by atoms with Gasteiger partial charge in [0.25, 0.3) is 11.1 Å². The molecule has 3 rings (SSSR count). The Balaban J connectivity index is 1.85. The Morgan fingerprint density at radius 2 is 2.17 bits per heavy atom. The largest absolute Gasteiger partial charge is 0.496 e. The van der Waals surface area contributed by atoms with Gasteiger partial charge in [-0.3, -0.25) is 0 Å². The van der Waals surface area contributed by atoms with Gasteiger partial charge in [0.15, 0.2) is 6.61 Å². The SMILES string of the molecule is COc1ccc(Cl)cc1-c1nnc(S/C(=C\c2cccc(OCC#N)c2)C(=O)O)o1. The second kappa shape index (κ2) is 9.82. The van der Waals surface area contributed by atoms with Crippen molar-refractivity contribution < 1.29 is 23.8 Å². The molecule has 0 unspecified atom stereocenters. The van der Waals surface area contributed by atoms with Crippen LogP contribution in [0.15, 0.2) is 57.0 Å². The Bertz CT molecular complexity index is 1140. The van der Waals surface area contributed by atoms with Gasteiger partial charge in [-0.15, -0.1) is 10.2 Å². The molecule has 152 valence electrons. The fourth-order valence-electron chi connectivity index (χ4n) is 2.40. The molecule has 0 amide bonds. The molecule has 0 radical (unpaired) electrons. The van der Waals surface area contributed by atoms with Gasteiger partial charge in [-0.05, 0) is 53.7 Å². The van der Waals surface area contributed by atoms with Crippen LogP contribution in [0.1, 0.15) is 5.56 Å². The van der Waals surface area contributed by atoms with E-state index in [4.69, 9.17) is 30.8 Å². The first-order valence-electron chi connectivity index (χ1n) is 8.40. The van der Waals surface area contributed by atoms with E-state index in [0.717, 1.165) is 11.8 Å².